The molecule has 0 saturated carbocycles. The van der Waals surface area contributed by atoms with Crippen molar-refractivity contribution >= 4 is 11.6 Å². The number of pyridine rings is 1. The maximum Gasteiger partial charge on any atom is 0.257 e. The van der Waals surface area contributed by atoms with E-state index in [0.717, 1.165) is 17.8 Å². The van der Waals surface area contributed by atoms with E-state index in [1.807, 2.05) is 13.0 Å². The first kappa shape index (κ1) is 13.1. The van der Waals surface area contributed by atoms with Gasteiger partial charge in [0.1, 0.15) is 0 Å². The molecule has 0 fully saturated rings. The van der Waals surface area contributed by atoms with Gasteiger partial charge in [-0.05, 0) is 13.0 Å². The van der Waals surface area contributed by atoms with Crippen molar-refractivity contribution in [2.45, 2.75) is 13.5 Å². The molecule has 0 aromatic carbocycles. The Kier molecular flexibility index (Phi) is 4.12. The highest BCUT2D eigenvalue weighted by Crippen LogP contribution is 2.16. The lowest BCUT2D eigenvalue weighted by atomic mass is 10.2. The van der Waals surface area contributed by atoms with Gasteiger partial charge in [0.2, 0.25) is 0 Å². The van der Waals surface area contributed by atoms with E-state index in [4.69, 9.17) is 0 Å². The van der Waals surface area contributed by atoms with Gasteiger partial charge in [-0.3, -0.25) is 14.9 Å². The Morgan fingerprint density at radius 1 is 1.47 bits per heavy atom. The van der Waals surface area contributed by atoms with E-state index in [0.29, 0.717) is 12.1 Å². The van der Waals surface area contributed by atoms with E-state index in [1.165, 1.54) is 0 Å². The summed E-state index contributed by atoms with van der Waals surface area (Å²) < 4.78 is 0. The fourth-order valence-corrected chi connectivity index (χ4v) is 1.82. The predicted molar refractivity (Wildman–Crippen MR) is 72.8 cm³/mol. The van der Waals surface area contributed by atoms with E-state index in [9.17, 15) is 4.79 Å². The third-order valence-electron chi connectivity index (χ3n) is 2.74. The molecule has 0 unspecified atom stereocenters. The van der Waals surface area contributed by atoms with E-state index in [-0.39, 0.29) is 5.91 Å². The summed E-state index contributed by atoms with van der Waals surface area (Å²) in [5.41, 5.74) is 2.35. The number of aromatic nitrogens is 3. The zero-order chi connectivity index (χ0) is 13.7. The Balaban J connectivity index is 2.14. The van der Waals surface area contributed by atoms with Gasteiger partial charge in [0, 0.05) is 44.3 Å². The number of nitrogens with one attached hydrogen (secondary N) is 2. The number of hydrogen-bond acceptors (Lipinski definition) is 4. The normalized spacial score (nSPS) is 10.2. The molecule has 100 valence electrons. The minimum Gasteiger partial charge on any atom is -0.385 e. The van der Waals surface area contributed by atoms with Gasteiger partial charge in [0.15, 0.2) is 0 Å². The van der Waals surface area contributed by atoms with Crippen molar-refractivity contribution in [2.75, 3.05) is 18.9 Å². The summed E-state index contributed by atoms with van der Waals surface area (Å²) in [5.74, 6) is -0.0646. The van der Waals surface area contributed by atoms with E-state index in [1.54, 1.807) is 36.7 Å². The summed E-state index contributed by atoms with van der Waals surface area (Å²) >= 11 is 0. The van der Waals surface area contributed by atoms with Gasteiger partial charge in [0.25, 0.3) is 5.91 Å². The Hall–Kier alpha value is -2.37. The third kappa shape index (κ3) is 3.09. The van der Waals surface area contributed by atoms with Crippen molar-refractivity contribution < 1.29 is 4.79 Å². The number of H-pyrrole nitrogens is 1. The molecule has 0 aliphatic heterocycles. The van der Waals surface area contributed by atoms with Crippen LogP contribution in [-0.2, 0) is 6.54 Å². The maximum absolute atomic E-state index is 12.4. The lowest BCUT2D eigenvalue weighted by Crippen LogP contribution is -2.27. The molecular formula is C13H17N5O. The van der Waals surface area contributed by atoms with Crippen LogP contribution in [0.3, 0.4) is 0 Å². The highest BCUT2D eigenvalue weighted by molar-refractivity contribution is 5.99. The average molecular weight is 259 g/mol. The molecule has 0 bridgehead atoms. The number of carbonyl (C=O) groups is 1. The average Bonchev–Trinajstić information content (AvgIpc) is 2.92. The molecule has 0 radical (unpaired) electrons. The number of anilines is 1. The molecule has 0 spiro atoms. The SMILES string of the molecule is CCNc1ccncc1C(=O)N(C)Cc1cn[nH]c1. The number of aromatic amines is 1. The van der Waals surface area contributed by atoms with Gasteiger partial charge >= 0.3 is 0 Å². The quantitative estimate of drug-likeness (QED) is 0.853. The first-order valence-corrected chi connectivity index (χ1v) is 6.13. The second kappa shape index (κ2) is 5.99. The second-order valence-electron chi connectivity index (χ2n) is 4.22. The molecule has 2 rings (SSSR count). The van der Waals surface area contributed by atoms with Crippen LogP contribution in [0.4, 0.5) is 5.69 Å². The molecule has 6 nitrogen and oxygen atoms in total. The summed E-state index contributed by atoms with van der Waals surface area (Å²) in [6.45, 7) is 3.26. The molecule has 6 heteroatoms. The first-order valence-electron chi connectivity index (χ1n) is 6.13. The van der Waals surface area contributed by atoms with E-state index in [2.05, 4.69) is 20.5 Å². The van der Waals surface area contributed by atoms with Gasteiger partial charge in [-0.2, -0.15) is 5.10 Å². The van der Waals surface area contributed by atoms with Gasteiger partial charge in [-0.15, -0.1) is 0 Å². The maximum atomic E-state index is 12.4. The van der Waals surface area contributed by atoms with Crippen LogP contribution in [0.25, 0.3) is 0 Å². The molecule has 19 heavy (non-hydrogen) atoms. The summed E-state index contributed by atoms with van der Waals surface area (Å²) in [6.07, 6.45) is 6.74. The molecule has 2 aromatic rings. The minimum atomic E-state index is -0.0646. The fourth-order valence-electron chi connectivity index (χ4n) is 1.82. The summed E-state index contributed by atoms with van der Waals surface area (Å²) in [5, 5.41) is 9.76. The number of nitrogens with zero attached hydrogens (tertiary/aromatic N) is 3. The van der Waals surface area contributed by atoms with Crippen LogP contribution < -0.4 is 5.32 Å². The summed E-state index contributed by atoms with van der Waals surface area (Å²) in [6, 6.07) is 1.81. The third-order valence-corrected chi connectivity index (χ3v) is 2.74. The van der Waals surface area contributed by atoms with E-state index < -0.39 is 0 Å². The van der Waals surface area contributed by atoms with Crippen LogP contribution in [-0.4, -0.2) is 39.6 Å². The Bertz CT molecular complexity index is 538. The molecular weight excluding hydrogens is 242 g/mol. The lowest BCUT2D eigenvalue weighted by molar-refractivity contribution is 0.0785. The number of rotatable bonds is 5. The van der Waals surface area contributed by atoms with Crippen molar-refractivity contribution in [1.82, 2.24) is 20.1 Å². The highest BCUT2D eigenvalue weighted by Gasteiger charge is 2.16. The van der Waals surface area contributed by atoms with E-state index >= 15 is 0 Å². The van der Waals surface area contributed by atoms with Crippen molar-refractivity contribution in [3.8, 4) is 0 Å². The Labute approximate surface area is 111 Å². The van der Waals surface area contributed by atoms with Crippen LogP contribution in [0, 0.1) is 0 Å². The molecule has 0 aliphatic rings. The van der Waals surface area contributed by atoms with Crippen LogP contribution in [0.1, 0.15) is 22.8 Å². The zero-order valence-corrected chi connectivity index (χ0v) is 11.1. The van der Waals surface area contributed by atoms with Crippen LogP contribution >= 0.6 is 0 Å². The fraction of sp³-hybridized carbons (Fsp3) is 0.308. The molecule has 0 atom stereocenters. The zero-order valence-electron chi connectivity index (χ0n) is 11.1. The Morgan fingerprint density at radius 3 is 3.00 bits per heavy atom. The monoisotopic (exact) mass is 259 g/mol. The highest BCUT2D eigenvalue weighted by atomic mass is 16.2. The number of hydrogen-bond donors (Lipinski definition) is 2. The standard InChI is InChI=1S/C13H17N5O/c1-3-15-12-4-5-14-8-11(12)13(19)18(2)9-10-6-16-17-7-10/h4-8H,3,9H2,1-2H3,(H,14,15)(H,16,17). The van der Waals surface area contributed by atoms with Crippen molar-refractivity contribution in [3.05, 3.63) is 42.0 Å². The number of carbonyl (C=O) groups excluding carboxylic acids is 1. The van der Waals surface area contributed by atoms with Gasteiger partial charge in [0.05, 0.1) is 17.4 Å². The van der Waals surface area contributed by atoms with Gasteiger partial charge in [-0.1, -0.05) is 0 Å². The largest absolute Gasteiger partial charge is 0.385 e. The Morgan fingerprint density at radius 2 is 2.32 bits per heavy atom. The lowest BCUT2D eigenvalue weighted by Gasteiger charge is -2.18. The molecule has 2 heterocycles. The van der Waals surface area contributed by atoms with Crippen LogP contribution in [0.2, 0.25) is 0 Å². The van der Waals surface area contributed by atoms with Crippen molar-refractivity contribution in [1.29, 1.82) is 0 Å². The number of amides is 1. The molecule has 0 aliphatic carbocycles. The van der Waals surface area contributed by atoms with Crippen LogP contribution in [0.5, 0.6) is 0 Å². The summed E-state index contributed by atoms with van der Waals surface area (Å²) in [4.78, 5) is 18.0. The molecule has 1 amide bonds. The topological polar surface area (TPSA) is 73.9 Å². The second-order valence-corrected chi connectivity index (χ2v) is 4.22. The van der Waals surface area contributed by atoms with Gasteiger partial charge < -0.3 is 10.2 Å². The molecule has 2 N–H and O–H groups in total. The predicted octanol–water partition coefficient (Wildman–Crippen LogP) is 1.51. The van der Waals surface area contributed by atoms with Crippen molar-refractivity contribution in [3.63, 3.8) is 0 Å². The van der Waals surface area contributed by atoms with Crippen LogP contribution in [0.15, 0.2) is 30.9 Å². The minimum absolute atomic E-state index is 0.0646. The summed E-state index contributed by atoms with van der Waals surface area (Å²) in [7, 11) is 1.76. The first-order chi connectivity index (χ1) is 9.22. The van der Waals surface area contributed by atoms with Gasteiger partial charge in [-0.25, -0.2) is 0 Å². The molecule has 0 saturated heterocycles. The molecule has 2 aromatic heterocycles. The smallest absolute Gasteiger partial charge is 0.257 e. The van der Waals surface area contributed by atoms with Crippen molar-refractivity contribution in [2.24, 2.45) is 0 Å².